The Bertz CT molecular complexity index is 559. The molecule has 1 unspecified atom stereocenters. The second-order valence-electron chi connectivity index (χ2n) is 4.39. The molecule has 1 rings (SSSR count). The molecule has 1 atom stereocenters. The van der Waals surface area contributed by atoms with E-state index in [1.807, 2.05) is 6.92 Å². The first kappa shape index (κ1) is 16.4. The van der Waals surface area contributed by atoms with Gasteiger partial charge in [-0.2, -0.15) is 0 Å². The largest absolute Gasteiger partial charge is 0.480 e. The quantitative estimate of drug-likeness (QED) is 0.519. The number of carboxylic acid groups (broad SMARTS) is 1. The summed E-state index contributed by atoms with van der Waals surface area (Å²) in [5.74, 6) is -1.51. The lowest BCUT2D eigenvalue weighted by molar-refractivity contribution is -0.384. The van der Waals surface area contributed by atoms with Gasteiger partial charge in [0.25, 0.3) is 11.6 Å². The summed E-state index contributed by atoms with van der Waals surface area (Å²) in [7, 11) is 1.44. The number of benzene rings is 1. The number of rotatable bonds is 7. The molecule has 0 aliphatic carbocycles. The van der Waals surface area contributed by atoms with Gasteiger partial charge in [-0.25, -0.2) is 4.79 Å². The zero-order valence-corrected chi connectivity index (χ0v) is 11.8. The molecule has 0 fully saturated rings. The van der Waals surface area contributed by atoms with E-state index in [-0.39, 0.29) is 16.9 Å². The van der Waals surface area contributed by atoms with Crippen LogP contribution in [0.3, 0.4) is 0 Å². The van der Waals surface area contributed by atoms with Gasteiger partial charge in [0.1, 0.15) is 11.7 Å². The van der Waals surface area contributed by atoms with Crippen LogP contribution >= 0.6 is 0 Å². The Balaban J connectivity index is 3.19. The number of anilines is 1. The highest BCUT2D eigenvalue weighted by Gasteiger charge is 2.22. The molecule has 3 N–H and O–H groups in total. The van der Waals surface area contributed by atoms with E-state index in [9.17, 15) is 19.7 Å². The molecular formula is C13H17N3O5. The average molecular weight is 295 g/mol. The van der Waals surface area contributed by atoms with E-state index < -0.39 is 22.8 Å². The first-order chi connectivity index (χ1) is 9.90. The molecule has 114 valence electrons. The van der Waals surface area contributed by atoms with Gasteiger partial charge in [0, 0.05) is 18.7 Å². The third-order valence-corrected chi connectivity index (χ3v) is 2.89. The van der Waals surface area contributed by atoms with Crippen LogP contribution in [0.4, 0.5) is 11.4 Å². The zero-order valence-electron chi connectivity index (χ0n) is 11.8. The molecule has 0 aromatic heterocycles. The molecule has 0 spiro atoms. The Kier molecular flexibility index (Phi) is 5.65. The van der Waals surface area contributed by atoms with Gasteiger partial charge in [-0.05, 0) is 18.6 Å². The van der Waals surface area contributed by atoms with Crippen molar-refractivity contribution < 1.29 is 19.6 Å². The molecule has 1 amide bonds. The highest BCUT2D eigenvalue weighted by Crippen LogP contribution is 2.26. The summed E-state index contributed by atoms with van der Waals surface area (Å²) in [4.78, 5) is 33.1. The number of amides is 1. The smallest absolute Gasteiger partial charge is 0.326 e. The number of nitrogens with one attached hydrogen (secondary N) is 2. The molecule has 0 aliphatic heterocycles. The topological polar surface area (TPSA) is 122 Å². The lowest BCUT2D eigenvalue weighted by Crippen LogP contribution is -2.29. The number of nitro benzene ring substituents is 1. The van der Waals surface area contributed by atoms with Crippen molar-refractivity contribution in [3.63, 3.8) is 0 Å². The van der Waals surface area contributed by atoms with E-state index in [0.29, 0.717) is 12.8 Å². The van der Waals surface area contributed by atoms with Crippen LogP contribution in [-0.4, -0.2) is 35.0 Å². The predicted octanol–water partition coefficient (Wildman–Crippen LogP) is 1.62. The standard InChI is InChI=1S/C13H17N3O5/c1-3-4-9(13(18)19)15-10-7-8(12(17)14-2)5-6-11(10)16(20)21/h5-7,9,15H,3-4H2,1-2H3,(H,14,17)(H,18,19). The summed E-state index contributed by atoms with van der Waals surface area (Å²) >= 11 is 0. The lowest BCUT2D eigenvalue weighted by atomic mass is 10.1. The normalized spacial score (nSPS) is 11.5. The summed E-state index contributed by atoms with van der Waals surface area (Å²) < 4.78 is 0. The summed E-state index contributed by atoms with van der Waals surface area (Å²) in [6, 6.07) is 2.83. The van der Waals surface area contributed by atoms with Gasteiger partial charge in [-0.15, -0.1) is 0 Å². The Morgan fingerprint density at radius 1 is 1.43 bits per heavy atom. The Hall–Kier alpha value is -2.64. The summed E-state index contributed by atoms with van der Waals surface area (Å²) in [5, 5.41) is 25.1. The van der Waals surface area contributed by atoms with Crippen LogP contribution in [-0.2, 0) is 4.79 Å². The molecule has 1 aromatic carbocycles. The third-order valence-electron chi connectivity index (χ3n) is 2.89. The molecule has 0 bridgehead atoms. The second kappa shape index (κ2) is 7.22. The number of nitrogens with zero attached hydrogens (tertiary/aromatic N) is 1. The summed E-state index contributed by atoms with van der Waals surface area (Å²) in [6.45, 7) is 1.81. The number of carbonyl (C=O) groups excluding carboxylic acids is 1. The minimum Gasteiger partial charge on any atom is -0.480 e. The van der Waals surface area contributed by atoms with Crippen LogP contribution < -0.4 is 10.6 Å². The van der Waals surface area contributed by atoms with Crippen LogP contribution in [0, 0.1) is 10.1 Å². The van der Waals surface area contributed by atoms with Gasteiger partial charge in [-0.1, -0.05) is 13.3 Å². The first-order valence-electron chi connectivity index (χ1n) is 6.40. The van der Waals surface area contributed by atoms with Gasteiger partial charge >= 0.3 is 5.97 Å². The van der Waals surface area contributed by atoms with Gasteiger partial charge in [0.05, 0.1) is 4.92 Å². The van der Waals surface area contributed by atoms with Crippen LogP contribution in [0.25, 0.3) is 0 Å². The molecule has 1 aromatic rings. The summed E-state index contributed by atoms with van der Waals surface area (Å²) in [6.07, 6.45) is 0.920. The lowest BCUT2D eigenvalue weighted by Gasteiger charge is -2.15. The van der Waals surface area contributed by atoms with E-state index in [1.165, 1.54) is 25.2 Å². The Morgan fingerprint density at radius 3 is 2.57 bits per heavy atom. The third kappa shape index (κ3) is 4.16. The molecule has 8 heteroatoms. The van der Waals surface area contributed by atoms with Crippen molar-refractivity contribution in [3.05, 3.63) is 33.9 Å². The Morgan fingerprint density at radius 2 is 2.10 bits per heavy atom. The number of hydrogen-bond acceptors (Lipinski definition) is 5. The van der Waals surface area contributed by atoms with Gasteiger partial charge in [0.2, 0.25) is 0 Å². The van der Waals surface area contributed by atoms with Gasteiger partial charge in [0.15, 0.2) is 0 Å². The van der Waals surface area contributed by atoms with Crippen molar-refractivity contribution in [1.82, 2.24) is 5.32 Å². The zero-order chi connectivity index (χ0) is 16.0. The minimum atomic E-state index is -1.10. The van der Waals surface area contributed by atoms with E-state index in [0.717, 1.165) is 0 Å². The van der Waals surface area contributed by atoms with Crippen LogP contribution in [0.15, 0.2) is 18.2 Å². The monoisotopic (exact) mass is 295 g/mol. The van der Waals surface area contributed by atoms with Crippen molar-refractivity contribution in [1.29, 1.82) is 0 Å². The van der Waals surface area contributed by atoms with Crippen molar-refractivity contribution in [3.8, 4) is 0 Å². The fourth-order valence-electron chi connectivity index (χ4n) is 1.83. The maximum atomic E-state index is 11.6. The van der Waals surface area contributed by atoms with E-state index in [1.54, 1.807) is 0 Å². The van der Waals surface area contributed by atoms with Crippen LogP contribution in [0.5, 0.6) is 0 Å². The predicted molar refractivity (Wildman–Crippen MR) is 76.4 cm³/mol. The maximum absolute atomic E-state index is 11.6. The van der Waals surface area contributed by atoms with Crippen LogP contribution in [0.1, 0.15) is 30.1 Å². The second-order valence-corrected chi connectivity index (χ2v) is 4.39. The molecule has 0 aliphatic rings. The maximum Gasteiger partial charge on any atom is 0.326 e. The van der Waals surface area contributed by atoms with E-state index in [4.69, 9.17) is 5.11 Å². The fourth-order valence-corrected chi connectivity index (χ4v) is 1.83. The highest BCUT2D eigenvalue weighted by molar-refractivity contribution is 5.96. The van der Waals surface area contributed by atoms with Gasteiger partial charge < -0.3 is 15.7 Å². The number of carboxylic acids is 1. The van der Waals surface area contributed by atoms with Crippen LogP contribution in [0.2, 0.25) is 0 Å². The number of aliphatic carboxylic acids is 1. The van der Waals surface area contributed by atoms with Crippen molar-refractivity contribution in [2.75, 3.05) is 12.4 Å². The molecule has 0 saturated heterocycles. The Labute approximate surface area is 121 Å². The van der Waals surface area contributed by atoms with E-state index >= 15 is 0 Å². The van der Waals surface area contributed by atoms with Crippen molar-refractivity contribution in [2.45, 2.75) is 25.8 Å². The first-order valence-corrected chi connectivity index (χ1v) is 6.40. The molecular weight excluding hydrogens is 278 g/mol. The molecule has 8 nitrogen and oxygen atoms in total. The van der Waals surface area contributed by atoms with E-state index in [2.05, 4.69) is 10.6 Å². The number of hydrogen-bond donors (Lipinski definition) is 3. The highest BCUT2D eigenvalue weighted by atomic mass is 16.6. The number of nitro groups is 1. The molecule has 0 saturated carbocycles. The summed E-state index contributed by atoms with van der Waals surface area (Å²) in [5.41, 5.74) is -0.0433. The fraction of sp³-hybridized carbons (Fsp3) is 0.385. The minimum absolute atomic E-state index is 0.0157. The molecule has 0 heterocycles. The molecule has 0 radical (unpaired) electrons. The average Bonchev–Trinajstić information content (AvgIpc) is 2.45. The molecule has 21 heavy (non-hydrogen) atoms. The number of carbonyl (C=O) groups is 2. The SMILES string of the molecule is CCCC(Nc1cc(C(=O)NC)ccc1[N+](=O)[O-])C(=O)O. The van der Waals surface area contributed by atoms with Crippen molar-refractivity contribution >= 4 is 23.3 Å². The van der Waals surface area contributed by atoms with Crippen molar-refractivity contribution in [2.24, 2.45) is 0 Å². The van der Waals surface area contributed by atoms with Gasteiger partial charge in [-0.3, -0.25) is 14.9 Å².